The Morgan fingerprint density at radius 2 is 2.06 bits per heavy atom. The van der Waals surface area contributed by atoms with E-state index < -0.39 is 0 Å². The Morgan fingerprint density at radius 1 is 1.25 bits per heavy atom. The van der Waals surface area contributed by atoms with Crippen LogP contribution in [0.5, 0.6) is 0 Å². The van der Waals surface area contributed by atoms with Crippen LogP contribution in [0.25, 0.3) is 0 Å². The van der Waals surface area contributed by atoms with Gasteiger partial charge < -0.3 is 11.1 Å². The van der Waals surface area contributed by atoms with Gasteiger partial charge in [0.2, 0.25) is 0 Å². The Balaban J connectivity index is 2.30. The number of nitrogens with two attached hydrogens (primary N) is 1. The van der Waals surface area contributed by atoms with Crippen LogP contribution in [0, 0.1) is 6.92 Å². The number of benzene rings is 1. The number of aromatic nitrogens is 1. The van der Waals surface area contributed by atoms with E-state index in [0.717, 1.165) is 15.8 Å². The molecule has 0 spiro atoms. The lowest BCUT2D eigenvalue weighted by Crippen LogP contribution is -1.95. The lowest BCUT2D eigenvalue weighted by molar-refractivity contribution is 1.32. The molecule has 1 heterocycles. The Hall–Kier alpha value is -1.55. The molecular weight excluding hydrogens is 266 g/mol. The standard InChI is InChI=1S/C12H12BrN3/c1-8-2-3-9(13)4-12(8)16-11-5-10(14)6-15-7-11/h2-7,16H,14H2,1H3. The van der Waals surface area contributed by atoms with Gasteiger partial charge >= 0.3 is 0 Å². The molecule has 0 amide bonds. The minimum absolute atomic E-state index is 0.651. The summed E-state index contributed by atoms with van der Waals surface area (Å²) in [7, 11) is 0. The average Bonchev–Trinajstić information content (AvgIpc) is 2.24. The molecule has 2 rings (SSSR count). The van der Waals surface area contributed by atoms with Crippen molar-refractivity contribution in [1.29, 1.82) is 0 Å². The fraction of sp³-hybridized carbons (Fsp3) is 0.0833. The molecule has 0 saturated heterocycles. The summed E-state index contributed by atoms with van der Waals surface area (Å²) in [6, 6.07) is 7.94. The molecule has 0 unspecified atom stereocenters. The molecule has 4 heteroatoms. The van der Waals surface area contributed by atoms with E-state index in [2.05, 4.69) is 33.2 Å². The van der Waals surface area contributed by atoms with Gasteiger partial charge in [0, 0.05) is 16.4 Å². The number of halogens is 1. The zero-order valence-corrected chi connectivity index (χ0v) is 10.5. The molecule has 3 nitrogen and oxygen atoms in total. The first-order chi connectivity index (χ1) is 7.65. The average molecular weight is 278 g/mol. The van der Waals surface area contributed by atoms with Crippen LogP contribution in [-0.2, 0) is 0 Å². The van der Waals surface area contributed by atoms with E-state index in [9.17, 15) is 0 Å². The quantitative estimate of drug-likeness (QED) is 0.884. The lowest BCUT2D eigenvalue weighted by atomic mass is 10.2. The summed E-state index contributed by atoms with van der Waals surface area (Å²) in [6.45, 7) is 2.05. The summed E-state index contributed by atoms with van der Waals surface area (Å²) < 4.78 is 1.04. The molecule has 2 aromatic rings. The minimum atomic E-state index is 0.651. The highest BCUT2D eigenvalue weighted by molar-refractivity contribution is 9.10. The van der Waals surface area contributed by atoms with Crippen molar-refractivity contribution in [3.63, 3.8) is 0 Å². The highest BCUT2D eigenvalue weighted by Gasteiger charge is 2.00. The fourth-order valence-electron chi connectivity index (χ4n) is 1.41. The van der Waals surface area contributed by atoms with Gasteiger partial charge in [0.05, 0.1) is 17.6 Å². The van der Waals surface area contributed by atoms with Gasteiger partial charge in [0.1, 0.15) is 0 Å². The van der Waals surface area contributed by atoms with Crippen molar-refractivity contribution in [1.82, 2.24) is 4.98 Å². The number of aryl methyl sites for hydroxylation is 1. The van der Waals surface area contributed by atoms with Crippen molar-refractivity contribution in [2.45, 2.75) is 6.92 Å². The van der Waals surface area contributed by atoms with E-state index in [-0.39, 0.29) is 0 Å². The molecule has 0 aliphatic rings. The molecule has 0 bridgehead atoms. The highest BCUT2D eigenvalue weighted by Crippen LogP contribution is 2.24. The molecule has 82 valence electrons. The first kappa shape index (κ1) is 11.0. The summed E-state index contributed by atoms with van der Waals surface area (Å²) in [4.78, 5) is 4.03. The number of nitrogens with one attached hydrogen (secondary N) is 1. The summed E-state index contributed by atoms with van der Waals surface area (Å²) >= 11 is 3.44. The van der Waals surface area contributed by atoms with Crippen LogP contribution < -0.4 is 11.1 Å². The van der Waals surface area contributed by atoms with Gasteiger partial charge in [-0.2, -0.15) is 0 Å². The van der Waals surface area contributed by atoms with E-state index in [1.165, 1.54) is 5.56 Å². The molecule has 1 aromatic heterocycles. The van der Waals surface area contributed by atoms with Gasteiger partial charge in [-0.3, -0.25) is 4.98 Å². The number of anilines is 3. The maximum atomic E-state index is 5.67. The summed E-state index contributed by atoms with van der Waals surface area (Å²) in [5, 5.41) is 3.28. The van der Waals surface area contributed by atoms with Crippen LogP contribution in [-0.4, -0.2) is 4.98 Å². The SMILES string of the molecule is Cc1ccc(Br)cc1Nc1cncc(N)c1. The molecule has 0 saturated carbocycles. The van der Waals surface area contributed by atoms with Crippen molar-refractivity contribution in [3.05, 3.63) is 46.7 Å². The van der Waals surface area contributed by atoms with Gasteiger partial charge in [-0.15, -0.1) is 0 Å². The zero-order chi connectivity index (χ0) is 11.5. The van der Waals surface area contributed by atoms with Crippen LogP contribution in [0.2, 0.25) is 0 Å². The third-order valence-corrected chi connectivity index (χ3v) is 2.73. The van der Waals surface area contributed by atoms with E-state index in [4.69, 9.17) is 5.73 Å². The van der Waals surface area contributed by atoms with Gasteiger partial charge in [0.25, 0.3) is 0 Å². The van der Waals surface area contributed by atoms with Crippen LogP contribution in [0.4, 0.5) is 17.1 Å². The highest BCUT2D eigenvalue weighted by atomic mass is 79.9. The maximum absolute atomic E-state index is 5.67. The van der Waals surface area contributed by atoms with Gasteiger partial charge in [-0.25, -0.2) is 0 Å². The molecule has 0 fully saturated rings. The molecule has 0 aliphatic heterocycles. The summed E-state index contributed by atoms with van der Waals surface area (Å²) in [5.74, 6) is 0. The van der Waals surface area contributed by atoms with E-state index in [1.807, 2.05) is 24.3 Å². The number of hydrogen-bond donors (Lipinski definition) is 2. The van der Waals surface area contributed by atoms with Crippen LogP contribution in [0.3, 0.4) is 0 Å². The van der Waals surface area contributed by atoms with Crippen molar-refractivity contribution >= 4 is 33.0 Å². The second-order valence-electron chi connectivity index (χ2n) is 3.59. The second-order valence-corrected chi connectivity index (χ2v) is 4.51. The summed E-state index contributed by atoms with van der Waals surface area (Å²) in [6.07, 6.45) is 3.37. The number of pyridine rings is 1. The van der Waals surface area contributed by atoms with E-state index >= 15 is 0 Å². The van der Waals surface area contributed by atoms with Crippen molar-refractivity contribution in [2.24, 2.45) is 0 Å². The third kappa shape index (κ3) is 2.52. The van der Waals surface area contributed by atoms with Crippen molar-refractivity contribution in [3.8, 4) is 0 Å². The maximum Gasteiger partial charge on any atom is 0.0591 e. The van der Waals surface area contributed by atoms with Crippen molar-refractivity contribution < 1.29 is 0 Å². The largest absolute Gasteiger partial charge is 0.397 e. The van der Waals surface area contributed by atoms with Crippen molar-refractivity contribution in [2.75, 3.05) is 11.1 Å². The number of hydrogen-bond acceptors (Lipinski definition) is 3. The molecule has 0 atom stereocenters. The number of nitrogens with zero attached hydrogens (tertiary/aromatic N) is 1. The monoisotopic (exact) mass is 277 g/mol. The van der Waals surface area contributed by atoms with Crippen LogP contribution in [0.1, 0.15) is 5.56 Å². The van der Waals surface area contributed by atoms with E-state index in [1.54, 1.807) is 12.4 Å². The second kappa shape index (κ2) is 4.53. The number of rotatable bonds is 2. The third-order valence-electron chi connectivity index (χ3n) is 2.24. The molecule has 0 aliphatic carbocycles. The topological polar surface area (TPSA) is 50.9 Å². The molecule has 0 radical (unpaired) electrons. The Labute approximate surface area is 103 Å². The Kier molecular flexibility index (Phi) is 3.10. The van der Waals surface area contributed by atoms with Crippen LogP contribution >= 0.6 is 15.9 Å². The number of nitrogen functional groups attached to an aromatic ring is 1. The lowest BCUT2D eigenvalue weighted by Gasteiger charge is -2.10. The smallest absolute Gasteiger partial charge is 0.0591 e. The van der Waals surface area contributed by atoms with Gasteiger partial charge in [0.15, 0.2) is 0 Å². The van der Waals surface area contributed by atoms with Crippen LogP contribution in [0.15, 0.2) is 41.1 Å². The van der Waals surface area contributed by atoms with Gasteiger partial charge in [-0.1, -0.05) is 22.0 Å². The first-order valence-corrected chi connectivity index (χ1v) is 5.68. The first-order valence-electron chi connectivity index (χ1n) is 4.89. The fourth-order valence-corrected chi connectivity index (χ4v) is 1.77. The van der Waals surface area contributed by atoms with E-state index in [0.29, 0.717) is 5.69 Å². The minimum Gasteiger partial charge on any atom is -0.397 e. The predicted octanol–water partition coefficient (Wildman–Crippen LogP) is 3.48. The summed E-state index contributed by atoms with van der Waals surface area (Å²) in [5.41, 5.74) is 9.42. The molecule has 1 aromatic carbocycles. The molecule has 3 N–H and O–H groups in total. The predicted molar refractivity (Wildman–Crippen MR) is 70.8 cm³/mol. The van der Waals surface area contributed by atoms with Gasteiger partial charge in [-0.05, 0) is 30.7 Å². The molecule has 16 heavy (non-hydrogen) atoms. The Morgan fingerprint density at radius 3 is 2.81 bits per heavy atom. The normalized spacial score (nSPS) is 10.1. The molecular formula is C12H12BrN3. The zero-order valence-electron chi connectivity index (χ0n) is 8.87. The Bertz CT molecular complexity index is 511.